The molecule has 9 heteroatoms. The summed E-state index contributed by atoms with van der Waals surface area (Å²) in [6.45, 7) is 4.19. The van der Waals surface area contributed by atoms with E-state index < -0.39 is 5.82 Å². The third kappa shape index (κ3) is 5.08. The van der Waals surface area contributed by atoms with Crippen LogP contribution in [-0.4, -0.2) is 14.8 Å². The summed E-state index contributed by atoms with van der Waals surface area (Å²) < 4.78 is 15.9. The highest BCUT2D eigenvalue weighted by molar-refractivity contribution is 9.10. The molecule has 2 N–H and O–H groups in total. The lowest BCUT2D eigenvalue weighted by molar-refractivity contribution is 0.429. The van der Waals surface area contributed by atoms with Gasteiger partial charge < -0.3 is 15.0 Å². The summed E-state index contributed by atoms with van der Waals surface area (Å²) in [4.78, 5) is 0. The zero-order valence-electron chi connectivity index (χ0n) is 17.7. The van der Waals surface area contributed by atoms with Crippen molar-refractivity contribution in [2.24, 2.45) is 10.2 Å². The van der Waals surface area contributed by atoms with Crippen LogP contribution in [0.5, 0.6) is 5.88 Å². The van der Waals surface area contributed by atoms with Crippen molar-refractivity contribution >= 4 is 67.1 Å². The van der Waals surface area contributed by atoms with Crippen LogP contribution in [0.1, 0.15) is 16.7 Å². The SMILES string of the molecule is Cc1ccc(C)c(NC(=S)N=Nc2c(O)n(Cc3ccc(F)cc3Cl)c3ccc(Br)cc23)c1. The van der Waals surface area contributed by atoms with Gasteiger partial charge in [0.2, 0.25) is 11.0 Å². The molecule has 0 aliphatic carbocycles. The van der Waals surface area contributed by atoms with Gasteiger partial charge in [0.25, 0.3) is 0 Å². The number of aromatic nitrogens is 1. The number of rotatable bonds is 4. The van der Waals surface area contributed by atoms with E-state index in [0.29, 0.717) is 10.9 Å². The zero-order chi connectivity index (χ0) is 23.7. The van der Waals surface area contributed by atoms with Gasteiger partial charge in [-0.3, -0.25) is 0 Å². The van der Waals surface area contributed by atoms with Gasteiger partial charge in [-0.2, -0.15) is 0 Å². The van der Waals surface area contributed by atoms with E-state index in [2.05, 4.69) is 31.5 Å². The van der Waals surface area contributed by atoms with Crippen LogP contribution in [0.4, 0.5) is 15.8 Å². The molecule has 0 saturated heterocycles. The zero-order valence-corrected chi connectivity index (χ0v) is 20.9. The Kier molecular flexibility index (Phi) is 6.78. The maximum atomic E-state index is 13.5. The van der Waals surface area contributed by atoms with Crippen LogP contribution in [0, 0.1) is 19.7 Å². The number of nitrogens with one attached hydrogen (secondary N) is 1. The lowest BCUT2D eigenvalue weighted by Crippen LogP contribution is -2.06. The summed E-state index contributed by atoms with van der Waals surface area (Å²) >= 11 is 15.0. The Balaban J connectivity index is 1.70. The topological polar surface area (TPSA) is 61.9 Å². The summed E-state index contributed by atoms with van der Waals surface area (Å²) in [5.74, 6) is -0.518. The van der Waals surface area contributed by atoms with Crippen LogP contribution in [0.15, 0.2) is 69.3 Å². The number of fused-ring (bicyclic) bond motifs is 1. The molecule has 3 aromatic carbocycles. The summed E-state index contributed by atoms with van der Waals surface area (Å²) in [7, 11) is 0. The van der Waals surface area contributed by atoms with Gasteiger partial charge >= 0.3 is 0 Å². The lowest BCUT2D eigenvalue weighted by atomic mass is 10.1. The largest absolute Gasteiger partial charge is 0.493 e. The average Bonchev–Trinajstić information content (AvgIpc) is 3.01. The van der Waals surface area contributed by atoms with E-state index in [1.54, 1.807) is 10.6 Å². The Morgan fingerprint density at radius 3 is 2.70 bits per heavy atom. The number of thiocarbonyl (C=S) groups is 1. The predicted octanol–water partition coefficient (Wildman–Crippen LogP) is 8.05. The minimum absolute atomic E-state index is 0.0956. The molecule has 0 atom stereocenters. The highest BCUT2D eigenvalue weighted by Gasteiger charge is 2.18. The molecule has 1 aromatic heterocycles. The van der Waals surface area contributed by atoms with Crippen molar-refractivity contribution in [3.8, 4) is 5.88 Å². The number of benzene rings is 3. The van der Waals surface area contributed by atoms with Gasteiger partial charge in [-0.15, -0.1) is 10.2 Å². The molecule has 0 unspecified atom stereocenters. The fourth-order valence-corrected chi connectivity index (χ4v) is 4.22. The summed E-state index contributed by atoms with van der Waals surface area (Å²) in [6, 6.07) is 15.7. The average molecular weight is 546 g/mol. The number of aryl methyl sites for hydroxylation is 2. The van der Waals surface area contributed by atoms with Gasteiger partial charge in [-0.25, -0.2) is 4.39 Å². The van der Waals surface area contributed by atoms with E-state index in [0.717, 1.165) is 26.8 Å². The standard InChI is InChI=1S/C24H19BrClFN4OS/c1-13-3-4-14(2)20(9-13)28-24(33)30-29-22-18-10-16(25)6-8-21(18)31(23(22)32)12-15-5-7-17(27)11-19(15)26/h3-11,32H,12H2,1-2H3,(H,28,33). The second kappa shape index (κ2) is 9.59. The van der Waals surface area contributed by atoms with E-state index in [1.807, 2.05) is 50.2 Å². The van der Waals surface area contributed by atoms with Gasteiger partial charge in [0.1, 0.15) is 5.82 Å². The molecule has 0 bridgehead atoms. The van der Waals surface area contributed by atoms with Crippen molar-refractivity contribution in [3.05, 3.63) is 86.6 Å². The van der Waals surface area contributed by atoms with E-state index in [1.165, 1.54) is 12.1 Å². The Labute approximate surface area is 209 Å². The molecule has 4 rings (SSSR count). The van der Waals surface area contributed by atoms with Crippen molar-refractivity contribution in [1.82, 2.24) is 4.57 Å². The van der Waals surface area contributed by atoms with Crippen LogP contribution in [-0.2, 0) is 6.54 Å². The highest BCUT2D eigenvalue weighted by Crippen LogP contribution is 2.41. The van der Waals surface area contributed by atoms with E-state index >= 15 is 0 Å². The maximum absolute atomic E-state index is 13.5. The minimum atomic E-state index is -0.423. The number of halogens is 3. The highest BCUT2D eigenvalue weighted by atomic mass is 79.9. The van der Waals surface area contributed by atoms with Crippen LogP contribution in [0.2, 0.25) is 5.02 Å². The molecule has 0 aliphatic heterocycles. The second-order valence-electron chi connectivity index (χ2n) is 7.60. The lowest BCUT2D eigenvalue weighted by Gasteiger charge is -2.09. The minimum Gasteiger partial charge on any atom is -0.493 e. The molecule has 0 fully saturated rings. The Morgan fingerprint density at radius 2 is 1.94 bits per heavy atom. The maximum Gasteiger partial charge on any atom is 0.221 e. The molecule has 0 saturated carbocycles. The molecule has 5 nitrogen and oxygen atoms in total. The van der Waals surface area contributed by atoms with Crippen LogP contribution >= 0.6 is 39.7 Å². The van der Waals surface area contributed by atoms with Crippen molar-refractivity contribution in [2.45, 2.75) is 20.4 Å². The fourth-order valence-electron chi connectivity index (χ4n) is 3.48. The number of hydrogen-bond donors (Lipinski definition) is 2. The number of nitrogens with zero attached hydrogens (tertiary/aromatic N) is 3. The molecular weight excluding hydrogens is 527 g/mol. The van der Waals surface area contributed by atoms with Crippen molar-refractivity contribution in [1.29, 1.82) is 0 Å². The number of azo groups is 1. The third-order valence-corrected chi connectivity index (χ3v) is 6.22. The van der Waals surface area contributed by atoms with Crippen LogP contribution < -0.4 is 5.32 Å². The molecule has 0 spiro atoms. The molecule has 1 heterocycles. The first-order valence-electron chi connectivity index (χ1n) is 9.97. The van der Waals surface area contributed by atoms with Gasteiger partial charge in [-0.1, -0.05) is 45.7 Å². The van der Waals surface area contributed by atoms with Gasteiger partial charge in [-0.05, 0) is 79.2 Å². The van der Waals surface area contributed by atoms with Crippen molar-refractivity contribution < 1.29 is 9.50 Å². The third-order valence-electron chi connectivity index (χ3n) is 5.19. The summed E-state index contributed by atoms with van der Waals surface area (Å²) in [5.41, 5.74) is 4.61. The quantitative estimate of drug-likeness (QED) is 0.201. The van der Waals surface area contributed by atoms with E-state index in [4.69, 9.17) is 23.8 Å². The smallest absolute Gasteiger partial charge is 0.221 e. The first-order valence-corrected chi connectivity index (χ1v) is 11.6. The van der Waals surface area contributed by atoms with Crippen molar-refractivity contribution in [2.75, 3.05) is 5.32 Å². The molecule has 0 radical (unpaired) electrons. The molecule has 168 valence electrons. The molecule has 0 aliphatic rings. The first kappa shape index (κ1) is 23.4. The monoisotopic (exact) mass is 544 g/mol. The predicted molar refractivity (Wildman–Crippen MR) is 138 cm³/mol. The van der Waals surface area contributed by atoms with Gasteiger partial charge in [0.05, 0.1) is 12.1 Å². The second-order valence-corrected chi connectivity index (χ2v) is 9.31. The fraction of sp³-hybridized carbons (Fsp3) is 0.125. The number of aromatic hydroxyl groups is 1. The Morgan fingerprint density at radius 1 is 1.15 bits per heavy atom. The van der Waals surface area contributed by atoms with Crippen molar-refractivity contribution in [3.63, 3.8) is 0 Å². The molecule has 4 aromatic rings. The first-order chi connectivity index (χ1) is 15.7. The Hall–Kier alpha value is -2.81. The molecule has 0 amide bonds. The summed E-state index contributed by atoms with van der Waals surface area (Å²) in [6.07, 6.45) is 0. The number of anilines is 1. The summed E-state index contributed by atoms with van der Waals surface area (Å²) in [5, 5.41) is 23.6. The van der Waals surface area contributed by atoms with E-state index in [-0.39, 0.29) is 28.2 Å². The van der Waals surface area contributed by atoms with Crippen LogP contribution in [0.3, 0.4) is 0 Å². The molecule has 33 heavy (non-hydrogen) atoms. The molecular formula is C24H19BrClFN4OS. The van der Waals surface area contributed by atoms with Gasteiger partial charge in [0.15, 0.2) is 5.69 Å². The Bertz CT molecular complexity index is 1420. The number of hydrogen-bond acceptors (Lipinski definition) is 3. The van der Waals surface area contributed by atoms with E-state index in [9.17, 15) is 9.50 Å². The van der Waals surface area contributed by atoms with Crippen LogP contribution in [0.25, 0.3) is 10.9 Å². The van der Waals surface area contributed by atoms with Gasteiger partial charge in [0, 0.05) is 20.6 Å². The normalized spacial score (nSPS) is 11.4.